The predicted molar refractivity (Wildman–Crippen MR) is 108 cm³/mol. The molecule has 2 aromatic carbocycles. The quantitative estimate of drug-likeness (QED) is 0.524. The Balaban J connectivity index is 1.45. The summed E-state index contributed by atoms with van der Waals surface area (Å²) >= 11 is 1.29. The lowest BCUT2D eigenvalue weighted by molar-refractivity contribution is -0.132. The van der Waals surface area contributed by atoms with E-state index in [-0.39, 0.29) is 23.2 Å². The van der Waals surface area contributed by atoms with Crippen LogP contribution in [0.2, 0.25) is 0 Å². The standard InChI is InChI=1S/C21H17N3O4S/c25-16(24-7-9-28-10-8-24)11-29-21-22-15-6-5-14-17(18(15)23-21)20(27)13-4-2-1-3-12(13)19(14)26/h1-6H,7-11H2,(H,22,23). The molecule has 1 aromatic heterocycles. The molecule has 146 valence electrons. The van der Waals surface area contributed by atoms with E-state index in [0.717, 1.165) is 0 Å². The first-order valence-corrected chi connectivity index (χ1v) is 10.3. The second kappa shape index (κ2) is 7.13. The van der Waals surface area contributed by atoms with E-state index in [1.54, 1.807) is 41.3 Å². The Labute approximate surface area is 170 Å². The normalized spacial score (nSPS) is 16.1. The van der Waals surface area contributed by atoms with Gasteiger partial charge in [-0.05, 0) is 12.1 Å². The van der Waals surface area contributed by atoms with Crippen LogP contribution in [-0.4, -0.2) is 64.4 Å². The molecule has 29 heavy (non-hydrogen) atoms. The van der Waals surface area contributed by atoms with Crippen molar-refractivity contribution in [1.82, 2.24) is 14.9 Å². The molecule has 8 heteroatoms. The first-order chi connectivity index (χ1) is 14.1. The molecular weight excluding hydrogens is 390 g/mol. The number of morpholine rings is 1. The van der Waals surface area contributed by atoms with Crippen molar-refractivity contribution < 1.29 is 19.1 Å². The van der Waals surface area contributed by atoms with Gasteiger partial charge in [0.15, 0.2) is 16.7 Å². The molecule has 0 spiro atoms. The SMILES string of the molecule is O=C1c2ccccc2C(=O)c2c1ccc1nc(SCC(=O)N3CCOCC3)[nH]c21. The van der Waals surface area contributed by atoms with E-state index in [1.807, 2.05) is 0 Å². The van der Waals surface area contributed by atoms with Gasteiger partial charge in [0.05, 0.1) is 35.6 Å². The number of fused-ring (bicyclic) bond motifs is 4. The number of carbonyl (C=O) groups is 3. The van der Waals surface area contributed by atoms with E-state index < -0.39 is 0 Å². The van der Waals surface area contributed by atoms with Crippen LogP contribution in [0.4, 0.5) is 0 Å². The molecule has 0 saturated carbocycles. The molecule has 2 heterocycles. The van der Waals surface area contributed by atoms with Crippen molar-refractivity contribution in [1.29, 1.82) is 0 Å². The fourth-order valence-corrected chi connectivity index (χ4v) is 4.52. The number of ether oxygens (including phenoxy) is 1. The summed E-state index contributed by atoms with van der Waals surface area (Å²) in [6.45, 7) is 2.32. The average molecular weight is 407 g/mol. The van der Waals surface area contributed by atoms with Gasteiger partial charge in [0, 0.05) is 29.8 Å². The van der Waals surface area contributed by atoms with Gasteiger partial charge in [-0.25, -0.2) is 4.98 Å². The second-order valence-electron chi connectivity index (χ2n) is 6.91. The lowest BCUT2D eigenvalue weighted by Crippen LogP contribution is -2.41. The van der Waals surface area contributed by atoms with Crippen LogP contribution in [0.3, 0.4) is 0 Å². The van der Waals surface area contributed by atoms with Gasteiger partial charge < -0.3 is 14.6 Å². The Kier molecular flexibility index (Phi) is 4.44. The number of hydrogen-bond donors (Lipinski definition) is 1. The summed E-state index contributed by atoms with van der Waals surface area (Å²) in [5, 5.41) is 0.550. The number of thioether (sulfide) groups is 1. The Morgan fingerprint density at radius 1 is 1.03 bits per heavy atom. The van der Waals surface area contributed by atoms with Gasteiger partial charge in [0.25, 0.3) is 0 Å². The Bertz CT molecular complexity index is 1160. The van der Waals surface area contributed by atoms with Crippen molar-refractivity contribution in [3.8, 4) is 0 Å². The van der Waals surface area contributed by atoms with E-state index in [2.05, 4.69) is 9.97 Å². The molecule has 2 aliphatic rings. The van der Waals surface area contributed by atoms with Gasteiger partial charge in [-0.3, -0.25) is 14.4 Å². The van der Waals surface area contributed by atoms with Crippen LogP contribution in [-0.2, 0) is 9.53 Å². The maximum Gasteiger partial charge on any atom is 0.233 e. The molecule has 0 atom stereocenters. The van der Waals surface area contributed by atoms with Crippen molar-refractivity contribution in [3.05, 3.63) is 58.7 Å². The lowest BCUT2D eigenvalue weighted by Gasteiger charge is -2.26. The minimum atomic E-state index is -0.189. The van der Waals surface area contributed by atoms with Gasteiger partial charge in [0.1, 0.15) is 0 Å². The number of imidazole rings is 1. The second-order valence-corrected chi connectivity index (χ2v) is 7.87. The number of H-pyrrole nitrogens is 1. The molecule has 0 bridgehead atoms. The highest BCUT2D eigenvalue weighted by molar-refractivity contribution is 7.99. The van der Waals surface area contributed by atoms with Crippen molar-refractivity contribution in [2.75, 3.05) is 32.1 Å². The highest BCUT2D eigenvalue weighted by atomic mass is 32.2. The highest BCUT2D eigenvalue weighted by Crippen LogP contribution is 2.32. The Morgan fingerprint density at radius 2 is 1.76 bits per heavy atom. The number of nitrogens with zero attached hydrogens (tertiary/aromatic N) is 2. The van der Waals surface area contributed by atoms with Crippen LogP contribution < -0.4 is 0 Å². The smallest absolute Gasteiger partial charge is 0.233 e. The molecule has 1 fully saturated rings. The molecule has 5 rings (SSSR count). The molecule has 1 N–H and O–H groups in total. The molecule has 0 radical (unpaired) electrons. The van der Waals surface area contributed by atoms with Crippen LogP contribution in [0, 0.1) is 0 Å². The van der Waals surface area contributed by atoms with Crippen LogP contribution >= 0.6 is 11.8 Å². The highest BCUT2D eigenvalue weighted by Gasteiger charge is 2.31. The molecular formula is C21H17N3O4S. The topological polar surface area (TPSA) is 92.4 Å². The monoisotopic (exact) mass is 407 g/mol. The molecule has 1 saturated heterocycles. The van der Waals surface area contributed by atoms with Crippen LogP contribution in [0.5, 0.6) is 0 Å². The predicted octanol–water partition coefficient (Wildman–Crippen LogP) is 2.29. The van der Waals surface area contributed by atoms with E-state index in [0.29, 0.717) is 64.7 Å². The summed E-state index contributed by atoms with van der Waals surface area (Å²) < 4.78 is 5.27. The summed E-state index contributed by atoms with van der Waals surface area (Å²) in [5.41, 5.74) is 2.71. The molecule has 1 aliphatic carbocycles. The fraction of sp³-hybridized carbons (Fsp3) is 0.238. The third-order valence-corrected chi connectivity index (χ3v) is 6.08. The first kappa shape index (κ1) is 18.1. The number of aromatic amines is 1. The molecule has 3 aromatic rings. The minimum absolute atomic E-state index is 0.0287. The number of aromatic nitrogens is 2. The van der Waals surface area contributed by atoms with Gasteiger partial charge in [-0.1, -0.05) is 36.0 Å². The number of hydrogen-bond acceptors (Lipinski definition) is 6. The number of carbonyl (C=O) groups excluding carboxylic acids is 3. The van der Waals surface area contributed by atoms with Gasteiger partial charge in [-0.15, -0.1) is 0 Å². The number of nitrogens with one attached hydrogen (secondary N) is 1. The largest absolute Gasteiger partial charge is 0.378 e. The van der Waals surface area contributed by atoms with E-state index in [9.17, 15) is 14.4 Å². The average Bonchev–Trinajstić information content (AvgIpc) is 3.19. The summed E-state index contributed by atoms with van der Waals surface area (Å²) in [6, 6.07) is 10.2. The van der Waals surface area contributed by atoms with E-state index in [4.69, 9.17) is 4.74 Å². The van der Waals surface area contributed by atoms with Crippen LogP contribution in [0.25, 0.3) is 11.0 Å². The van der Waals surface area contributed by atoms with Crippen LogP contribution in [0.15, 0.2) is 41.6 Å². The summed E-state index contributed by atoms with van der Waals surface area (Å²) in [5.74, 6) is -0.0766. The van der Waals surface area contributed by atoms with E-state index in [1.165, 1.54) is 11.8 Å². The number of amides is 1. The van der Waals surface area contributed by atoms with Gasteiger partial charge in [-0.2, -0.15) is 0 Å². The fourth-order valence-electron chi connectivity index (χ4n) is 3.74. The zero-order chi connectivity index (χ0) is 20.0. The molecule has 1 amide bonds. The summed E-state index contributed by atoms with van der Waals surface area (Å²) in [6.07, 6.45) is 0. The molecule has 7 nitrogen and oxygen atoms in total. The van der Waals surface area contributed by atoms with Crippen molar-refractivity contribution in [3.63, 3.8) is 0 Å². The zero-order valence-electron chi connectivity index (χ0n) is 15.4. The first-order valence-electron chi connectivity index (χ1n) is 9.33. The van der Waals surface area contributed by atoms with E-state index >= 15 is 0 Å². The number of ketones is 2. The maximum absolute atomic E-state index is 13.1. The number of benzene rings is 2. The van der Waals surface area contributed by atoms with Gasteiger partial charge >= 0.3 is 0 Å². The molecule has 0 unspecified atom stereocenters. The van der Waals surface area contributed by atoms with Crippen molar-refractivity contribution >= 4 is 40.3 Å². The van der Waals surface area contributed by atoms with Crippen LogP contribution in [0.1, 0.15) is 31.8 Å². The third-order valence-electron chi connectivity index (χ3n) is 5.22. The van der Waals surface area contributed by atoms with Crippen molar-refractivity contribution in [2.24, 2.45) is 0 Å². The lowest BCUT2D eigenvalue weighted by atomic mass is 9.83. The third kappa shape index (κ3) is 3.04. The maximum atomic E-state index is 13.1. The minimum Gasteiger partial charge on any atom is -0.378 e. The summed E-state index contributed by atoms with van der Waals surface area (Å²) in [4.78, 5) is 47.7. The Hall–Kier alpha value is -2.97. The zero-order valence-corrected chi connectivity index (χ0v) is 16.3. The number of rotatable bonds is 3. The Morgan fingerprint density at radius 3 is 2.52 bits per heavy atom. The molecule has 1 aliphatic heterocycles. The summed E-state index contributed by atoms with van der Waals surface area (Å²) in [7, 11) is 0. The van der Waals surface area contributed by atoms with Gasteiger partial charge in [0.2, 0.25) is 5.91 Å². The van der Waals surface area contributed by atoms with Crippen molar-refractivity contribution in [2.45, 2.75) is 5.16 Å².